The number of anilines is 1. The van der Waals surface area contributed by atoms with Crippen LogP contribution in [-0.2, 0) is 4.79 Å². The Morgan fingerprint density at radius 1 is 1.48 bits per heavy atom. The standard InChI is InChI=1S/C15H19FN2O3/c1-10-8-12(3-4-13(10)16)17-15(21)18-7-6-11(9-18)2-5-14(19)20/h3-4,8,11H,2,5-7,9H2,1H3,(H,17,21)(H,19,20). The number of amides is 2. The summed E-state index contributed by atoms with van der Waals surface area (Å²) in [5, 5.41) is 11.4. The summed E-state index contributed by atoms with van der Waals surface area (Å²) in [5.74, 6) is -0.871. The number of aryl methyl sites for hydroxylation is 1. The van der Waals surface area contributed by atoms with E-state index in [2.05, 4.69) is 5.32 Å². The minimum atomic E-state index is -0.806. The molecule has 0 spiro atoms. The Hall–Kier alpha value is -2.11. The number of nitrogens with zero attached hydrogens (tertiary/aromatic N) is 1. The van der Waals surface area contributed by atoms with Crippen LogP contribution in [0.5, 0.6) is 0 Å². The SMILES string of the molecule is Cc1cc(NC(=O)N2CCC(CCC(=O)O)C2)ccc1F. The molecule has 0 aliphatic carbocycles. The summed E-state index contributed by atoms with van der Waals surface area (Å²) in [6.07, 6.45) is 1.55. The Kier molecular flexibility index (Phi) is 4.77. The molecule has 2 amide bonds. The van der Waals surface area contributed by atoms with Crippen molar-refractivity contribution < 1.29 is 19.1 Å². The molecule has 0 aromatic heterocycles. The average molecular weight is 294 g/mol. The quantitative estimate of drug-likeness (QED) is 0.897. The Balaban J connectivity index is 1.86. The Morgan fingerprint density at radius 3 is 2.90 bits per heavy atom. The molecule has 0 bridgehead atoms. The largest absolute Gasteiger partial charge is 0.481 e. The van der Waals surface area contributed by atoms with Crippen LogP contribution in [0, 0.1) is 18.7 Å². The first-order valence-corrected chi connectivity index (χ1v) is 6.99. The highest BCUT2D eigenvalue weighted by molar-refractivity contribution is 5.89. The lowest BCUT2D eigenvalue weighted by Gasteiger charge is -2.17. The number of aliphatic carboxylic acids is 1. The number of carbonyl (C=O) groups is 2. The number of hydrogen-bond donors (Lipinski definition) is 2. The second-order valence-electron chi connectivity index (χ2n) is 5.43. The van der Waals surface area contributed by atoms with E-state index in [0.29, 0.717) is 30.8 Å². The summed E-state index contributed by atoms with van der Waals surface area (Å²) in [5.41, 5.74) is 1.04. The number of carbonyl (C=O) groups excluding carboxylic acids is 1. The Bertz CT molecular complexity index is 548. The van der Waals surface area contributed by atoms with Gasteiger partial charge in [0.1, 0.15) is 5.82 Å². The van der Waals surface area contributed by atoms with E-state index in [-0.39, 0.29) is 24.2 Å². The summed E-state index contributed by atoms with van der Waals surface area (Å²) < 4.78 is 13.2. The molecule has 1 aromatic rings. The van der Waals surface area contributed by atoms with Crippen LogP contribution in [0.15, 0.2) is 18.2 Å². The van der Waals surface area contributed by atoms with Crippen molar-refractivity contribution in [1.82, 2.24) is 4.90 Å². The van der Waals surface area contributed by atoms with Crippen molar-refractivity contribution in [3.05, 3.63) is 29.6 Å². The van der Waals surface area contributed by atoms with Crippen molar-refractivity contribution in [1.29, 1.82) is 0 Å². The maximum atomic E-state index is 13.2. The highest BCUT2D eigenvalue weighted by Crippen LogP contribution is 2.22. The molecule has 6 heteroatoms. The summed E-state index contributed by atoms with van der Waals surface area (Å²) in [6.45, 7) is 2.83. The van der Waals surface area contributed by atoms with Crippen LogP contribution in [0.25, 0.3) is 0 Å². The number of urea groups is 1. The van der Waals surface area contributed by atoms with E-state index in [1.54, 1.807) is 17.9 Å². The third-order valence-corrected chi connectivity index (χ3v) is 3.75. The number of benzene rings is 1. The molecule has 1 unspecified atom stereocenters. The van der Waals surface area contributed by atoms with Crippen molar-refractivity contribution in [3.63, 3.8) is 0 Å². The lowest BCUT2D eigenvalue weighted by molar-refractivity contribution is -0.137. The van der Waals surface area contributed by atoms with Gasteiger partial charge in [-0.15, -0.1) is 0 Å². The highest BCUT2D eigenvalue weighted by Gasteiger charge is 2.26. The zero-order valence-corrected chi connectivity index (χ0v) is 11.9. The molecule has 1 aliphatic rings. The van der Waals surface area contributed by atoms with Crippen LogP contribution in [0.3, 0.4) is 0 Å². The summed E-state index contributed by atoms with van der Waals surface area (Å²) in [6, 6.07) is 4.22. The van der Waals surface area contributed by atoms with Gasteiger partial charge in [0, 0.05) is 25.2 Å². The van der Waals surface area contributed by atoms with Crippen LogP contribution in [-0.4, -0.2) is 35.1 Å². The molecule has 2 rings (SSSR count). The number of carboxylic acid groups (broad SMARTS) is 1. The number of nitrogens with one attached hydrogen (secondary N) is 1. The third kappa shape index (κ3) is 4.18. The zero-order valence-electron chi connectivity index (χ0n) is 11.9. The second kappa shape index (κ2) is 6.56. The molecular formula is C15H19FN2O3. The van der Waals surface area contributed by atoms with Crippen molar-refractivity contribution >= 4 is 17.7 Å². The monoisotopic (exact) mass is 294 g/mol. The molecule has 114 valence electrons. The predicted octanol–water partition coefficient (Wildman–Crippen LogP) is 2.85. The van der Waals surface area contributed by atoms with Gasteiger partial charge in [0.25, 0.3) is 0 Å². The lowest BCUT2D eigenvalue weighted by Crippen LogP contribution is -2.33. The molecule has 5 nitrogen and oxygen atoms in total. The van der Waals surface area contributed by atoms with Gasteiger partial charge in [-0.2, -0.15) is 0 Å². The van der Waals surface area contributed by atoms with Crippen molar-refractivity contribution in [3.8, 4) is 0 Å². The Labute approximate surface area is 122 Å². The lowest BCUT2D eigenvalue weighted by atomic mass is 10.0. The average Bonchev–Trinajstić information content (AvgIpc) is 2.89. The first-order chi connectivity index (χ1) is 9.95. The number of rotatable bonds is 4. The second-order valence-corrected chi connectivity index (χ2v) is 5.43. The fourth-order valence-electron chi connectivity index (χ4n) is 2.51. The normalized spacial score (nSPS) is 17.8. The molecule has 1 aromatic carbocycles. The first-order valence-electron chi connectivity index (χ1n) is 6.99. The van der Waals surface area contributed by atoms with Gasteiger partial charge in [-0.3, -0.25) is 4.79 Å². The molecule has 2 N–H and O–H groups in total. The minimum absolute atomic E-state index is 0.136. The van der Waals surface area contributed by atoms with Gasteiger partial charge in [0.05, 0.1) is 0 Å². The summed E-state index contributed by atoms with van der Waals surface area (Å²) >= 11 is 0. The summed E-state index contributed by atoms with van der Waals surface area (Å²) in [4.78, 5) is 24.3. The first kappa shape index (κ1) is 15.3. The molecule has 1 heterocycles. The molecule has 1 saturated heterocycles. The molecule has 1 atom stereocenters. The van der Waals surface area contributed by atoms with Gasteiger partial charge in [-0.05, 0) is 49.4 Å². The molecular weight excluding hydrogens is 275 g/mol. The number of likely N-dealkylation sites (tertiary alicyclic amines) is 1. The number of halogens is 1. The highest BCUT2D eigenvalue weighted by atomic mass is 19.1. The van der Waals surface area contributed by atoms with Crippen LogP contribution in [0.2, 0.25) is 0 Å². The van der Waals surface area contributed by atoms with Crippen molar-refractivity contribution in [2.45, 2.75) is 26.2 Å². The topological polar surface area (TPSA) is 69.6 Å². The zero-order chi connectivity index (χ0) is 15.4. The van der Waals surface area contributed by atoms with Crippen LogP contribution in [0.1, 0.15) is 24.8 Å². The van der Waals surface area contributed by atoms with Crippen LogP contribution >= 0.6 is 0 Å². The van der Waals surface area contributed by atoms with Gasteiger partial charge >= 0.3 is 12.0 Å². The Morgan fingerprint density at radius 2 is 2.24 bits per heavy atom. The van der Waals surface area contributed by atoms with E-state index < -0.39 is 5.97 Å². The van der Waals surface area contributed by atoms with Gasteiger partial charge in [0.15, 0.2) is 0 Å². The number of carboxylic acids is 1. The molecule has 1 aliphatic heterocycles. The van der Waals surface area contributed by atoms with Gasteiger partial charge in [0.2, 0.25) is 0 Å². The maximum Gasteiger partial charge on any atom is 0.321 e. The van der Waals surface area contributed by atoms with Gasteiger partial charge in [-0.25, -0.2) is 9.18 Å². The van der Waals surface area contributed by atoms with Gasteiger partial charge < -0.3 is 15.3 Å². The smallest absolute Gasteiger partial charge is 0.321 e. The van der Waals surface area contributed by atoms with Crippen molar-refractivity contribution in [2.24, 2.45) is 5.92 Å². The predicted molar refractivity (Wildman–Crippen MR) is 76.7 cm³/mol. The van der Waals surface area contributed by atoms with Crippen molar-refractivity contribution in [2.75, 3.05) is 18.4 Å². The fourth-order valence-corrected chi connectivity index (χ4v) is 2.51. The van der Waals surface area contributed by atoms with E-state index in [0.717, 1.165) is 6.42 Å². The van der Waals surface area contributed by atoms with Crippen LogP contribution < -0.4 is 5.32 Å². The molecule has 0 saturated carbocycles. The third-order valence-electron chi connectivity index (χ3n) is 3.75. The van der Waals surface area contributed by atoms with E-state index in [4.69, 9.17) is 5.11 Å². The van der Waals surface area contributed by atoms with E-state index in [9.17, 15) is 14.0 Å². The summed E-state index contributed by atoms with van der Waals surface area (Å²) in [7, 11) is 0. The molecule has 1 fully saturated rings. The maximum absolute atomic E-state index is 13.2. The van der Waals surface area contributed by atoms with E-state index >= 15 is 0 Å². The minimum Gasteiger partial charge on any atom is -0.481 e. The molecule has 0 radical (unpaired) electrons. The van der Waals surface area contributed by atoms with Gasteiger partial charge in [-0.1, -0.05) is 0 Å². The van der Waals surface area contributed by atoms with Crippen LogP contribution in [0.4, 0.5) is 14.9 Å². The van der Waals surface area contributed by atoms with E-state index in [1.807, 2.05) is 0 Å². The fraction of sp³-hybridized carbons (Fsp3) is 0.467. The van der Waals surface area contributed by atoms with E-state index in [1.165, 1.54) is 12.1 Å². The number of hydrogen-bond acceptors (Lipinski definition) is 2. The molecule has 21 heavy (non-hydrogen) atoms.